The lowest BCUT2D eigenvalue weighted by molar-refractivity contribution is -0.160. The molecule has 0 aromatic heterocycles. The van der Waals surface area contributed by atoms with Crippen molar-refractivity contribution in [1.29, 1.82) is 0 Å². The second kappa shape index (κ2) is 6.04. The molecule has 1 heterocycles. The number of benzene rings is 1. The predicted molar refractivity (Wildman–Crippen MR) is 69.6 cm³/mol. The smallest absolute Gasteiger partial charge is 0.328 e. The summed E-state index contributed by atoms with van der Waals surface area (Å²) in [5, 5.41) is 0. The molecule has 1 aromatic rings. The van der Waals surface area contributed by atoms with Gasteiger partial charge in [-0.25, -0.2) is 8.78 Å². The lowest BCUT2D eigenvalue weighted by atomic mass is 10.0. The molecule has 120 valence electrons. The number of alkyl halides is 3. The van der Waals surface area contributed by atoms with Crippen LogP contribution in [0.4, 0.5) is 22.0 Å². The van der Waals surface area contributed by atoms with Crippen LogP contribution in [0, 0.1) is 11.6 Å². The maximum atomic E-state index is 13.8. The van der Waals surface area contributed by atoms with Crippen molar-refractivity contribution >= 4 is 11.5 Å². The van der Waals surface area contributed by atoms with E-state index in [-0.39, 0.29) is 17.6 Å². The molecule has 0 radical (unpaired) electrons. The van der Waals surface area contributed by atoms with Crippen LogP contribution in [0.3, 0.4) is 0 Å². The molecule has 3 nitrogen and oxygen atoms in total. The molecular formula is C14H13F5N2O. The minimum absolute atomic E-state index is 0.0432. The van der Waals surface area contributed by atoms with Crippen LogP contribution in [-0.4, -0.2) is 36.1 Å². The number of carbonyl (C=O) groups excluding carboxylic acids is 1. The lowest BCUT2D eigenvalue weighted by Crippen LogP contribution is -2.46. The second-order valence-corrected chi connectivity index (χ2v) is 4.98. The maximum Gasteiger partial charge on any atom is 0.406 e. The molecular weight excluding hydrogens is 307 g/mol. The summed E-state index contributed by atoms with van der Waals surface area (Å²) >= 11 is 0. The first-order valence-corrected chi connectivity index (χ1v) is 6.43. The average Bonchev–Trinajstić information content (AvgIpc) is 2.54. The fourth-order valence-electron chi connectivity index (χ4n) is 2.25. The van der Waals surface area contributed by atoms with Crippen molar-refractivity contribution in [3.63, 3.8) is 0 Å². The summed E-state index contributed by atoms with van der Waals surface area (Å²) in [6.45, 7) is -1.97. The van der Waals surface area contributed by atoms with Gasteiger partial charge in [-0.1, -0.05) is 18.2 Å². The molecule has 1 amide bonds. The molecule has 1 aliphatic rings. The maximum absolute atomic E-state index is 13.8. The van der Waals surface area contributed by atoms with E-state index in [2.05, 4.69) is 0 Å². The van der Waals surface area contributed by atoms with E-state index in [0.29, 0.717) is 4.90 Å². The van der Waals surface area contributed by atoms with Crippen LogP contribution in [0.25, 0.3) is 5.57 Å². The number of amides is 1. The Labute approximate surface area is 123 Å². The highest BCUT2D eigenvalue weighted by Crippen LogP contribution is 2.26. The van der Waals surface area contributed by atoms with Crippen LogP contribution in [-0.2, 0) is 4.79 Å². The van der Waals surface area contributed by atoms with Gasteiger partial charge in [0.25, 0.3) is 0 Å². The fraction of sp³-hybridized carbons (Fsp3) is 0.357. The summed E-state index contributed by atoms with van der Waals surface area (Å²) in [7, 11) is 0. The van der Waals surface area contributed by atoms with Gasteiger partial charge in [-0.15, -0.1) is 0 Å². The molecule has 1 atom stereocenters. The Hall–Kier alpha value is -1.96. The van der Waals surface area contributed by atoms with Gasteiger partial charge in [-0.05, 0) is 18.1 Å². The van der Waals surface area contributed by atoms with Crippen LogP contribution < -0.4 is 5.73 Å². The third-order valence-corrected chi connectivity index (χ3v) is 3.28. The van der Waals surface area contributed by atoms with E-state index in [1.807, 2.05) is 0 Å². The van der Waals surface area contributed by atoms with E-state index in [9.17, 15) is 26.7 Å². The normalized spacial score (nSPS) is 19.9. The number of hydrogen-bond donors (Lipinski definition) is 1. The van der Waals surface area contributed by atoms with Gasteiger partial charge in [0.15, 0.2) is 11.6 Å². The van der Waals surface area contributed by atoms with Crippen molar-refractivity contribution in [3.05, 3.63) is 41.5 Å². The second-order valence-electron chi connectivity index (χ2n) is 4.98. The summed E-state index contributed by atoms with van der Waals surface area (Å²) in [4.78, 5) is 12.4. The van der Waals surface area contributed by atoms with Crippen LogP contribution in [0.5, 0.6) is 0 Å². The number of nitrogens with zero attached hydrogens (tertiary/aromatic N) is 1. The Morgan fingerprint density at radius 3 is 2.59 bits per heavy atom. The zero-order valence-electron chi connectivity index (χ0n) is 11.3. The summed E-state index contributed by atoms with van der Waals surface area (Å²) in [5.74, 6) is -3.15. The lowest BCUT2D eigenvalue weighted by Gasteiger charge is -2.25. The Morgan fingerprint density at radius 1 is 1.27 bits per heavy atom. The van der Waals surface area contributed by atoms with E-state index in [1.165, 1.54) is 18.2 Å². The van der Waals surface area contributed by atoms with Crippen molar-refractivity contribution in [3.8, 4) is 0 Å². The van der Waals surface area contributed by atoms with E-state index >= 15 is 0 Å². The van der Waals surface area contributed by atoms with Crippen molar-refractivity contribution in [2.75, 3.05) is 13.1 Å². The molecule has 1 aromatic carbocycles. The molecule has 0 aliphatic carbocycles. The van der Waals surface area contributed by atoms with Crippen molar-refractivity contribution in [1.82, 2.24) is 4.90 Å². The highest BCUT2D eigenvalue weighted by Gasteiger charge is 2.36. The largest absolute Gasteiger partial charge is 0.406 e. The highest BCUT2D eigenvalue weighted by molar-refractivity contribution is 5.85. The molecule has 1 aliphatic heterocycles. The first kappa shape index (κ1) is 16.4. The summed E-state index contributed by atoms with van der Waals surface area (Å²) in [5.41, 5.74) is 5.45. The average molecular weight is 320 g/mol. The molecule has 8 heteroatoms. The first-order chi connectivity index (χ1) is 10.2. The third kappa shape index (κ3) is 3.62. The van der Waals surface area contributed by atoms with Gasteiger partial charge >= 0.3 is 6.18 Å². The first-order valence-electron chi connectivity index (χ1n) is 6.43. The number of rotatable bonds is 2. The summed E-state index contributed by atoms with van der Waals surface area (Å²) in [6, 6.07) is 2.25. The monoisotopic (exact) mass is 320 g/mol. The van der Waals surface area contributed by atoms with Crippen LogP contribution in [0.1, 0.15) is 12.0 Å². The van der Waals surface area contributed by atoms with Gasteiger partial charge in [0, 0.05) is 12.1 Å². The van der Waals surface area contributed by atoms with Crippen molar-refractivity contribution < 1.29 is 26.7 Å². The van der Waals surface area contributed by atoms with Gasteiger partial charge < -0.3 is 10.6 Å². The number of carbonyl (C=O) groups is 1. The molecule has 0 bridgehead atoms. The molecule has 2 rings (SSSR count). The quantitative estimate of drug-likeness (QED) is 0.851. The highest BCUT2D eigenvalue weighted by atomic mass is 19.4. The Morgan fingerprint density at radius 2 is 1.95 bits per heavy atom. The zero-order valence-corrected chi connectivity index (χ0v) is 11.3. The Kier molecular flexibility index (Phi) is 4.50. The molecule has 0 saturated carbocycles. The molecule has 22 heavy (non-hydrogen) atoms. The predicted octanol–water partition coefficient (Wildman–Crippen LogP) is 2.47. The van der Waals surface area contributed by atoms with Gasteiger partial charge in [0.2, 0.25) is 5.91 Å². The number of hydrogen-bond acceptors (Lipinski definition) is 2. The van der Waals surface area contributed by atoms with E-state index < -0.39 is 42.8 Å². The van der Waals surface area contributed by atoms with E-state index in [0.717, 1.165) is 6.07 Å². The third-order valence-electron chi connectivity index (χ3n) is 3.28. The molecule has 0 unspecified atom stereocenters. The minimum atomic E-state index is -4.61. The van der Waals surface area contributed by atoms with Gasteiger partial charge in [-0.2, -0.15) is 13.2 Å². The van der Waals surface area contributed by atoms with Gasteiger partial charge in [0.1, 0.15) is 6.54 Å². The van der Waals surface area contributed by atoms with Crippen LogP contribution in [0.2, 0.25) is 0 Å². The minimum Gasteiger partial charge on any atom is -0.328 e. The fourth-order valence-corrected chi connectivity index (χ4v) is 2.25. The van der Waals surface area contributed by atoms with Gasteiger partial charge in [-0.3, -0.25) is 4.79 Å². The summed E-state index contributed by atoms with van der Waals surface area (Å²) < 4.78 is 64.7. The standard InChI is InChI=1S/C14H13F5N2O/c15-10-3-1-2-9(12(10)16)8-4-5-11(20)13(22)21(6-8)7-14(17,18)19/h1-4,11H,5-7,20H2/t11-/m1/s1. The zero-order chi connectivity index (χ0) is 16.5. The topological polar surface area (TPSA) is 46.3 Å². The number of nitrogens with two attached hydrogens (primary N) is 1. The van der Waals surface area contributed by atoms with E-state index in [1.54, 1.807) is 0 Å². The molecule has 0 spiro atoms. The molecule has 2 N–H and O–H groups in total. The van der Waals surface area contributed by atoms with E-state index in [4.69, 9.17) is 5.73 Å². The van der Waals surface area contributed by atoms with Crippen molar-refractivity contribution in [2.45, 2.75) is 18.6 Å². The molecule has 0 saturated heterocycles. The summed E-state index contributed by atoms with van der Waals surface area (Å²) in [6.07, 6.45) is -3.28. The number of halogens is 5. The van der Waals surface area contributed by atoms with Crippen molar-refractivity contribution in [2.24, 2.45) is 5.73 Å². The Bertz CT molecular complexity index is 612. The van der Waals surface area contributed by atoms with Gasteiger partial charge in [0.05, 0.1) is 6.04 Å². The molecule has 0 fully saturated rings. The van der Waals surface area contributed by atoms with Crippen LogP contribution >= 0.6 is 0 Å². The SMILES string of the molecule is N[C@@H]1CC=C(c2cccc(F)c2F)CN(CC(F)(F)F)C1=O. The Balaban J connectivity index is 2.36. The van der Waals surface area contributed by atoms with Crippen LogP contribution in [0.15, 0.2) is 24.3 Å².